The Morgan fingerprint density at radius 2 is 1.49 bits per heavy atom. The van der Waals surface area contributed by atoms with Gasteiger partial charge in [0, 0.05) is 41.1 Å². The number of amides is 1. The standard InChI is InChI=1S/C28H25Cl2N5O3S/c1-39(37,38)35(24-5-2-4-21(16-24)27(36)33-28-31-14-3-15-32-28)25-17-34(18-25)26(19-6-10-22(29)11-7-19)20-8-12-23(30)13-9-20/h2-16,25-26H,17-18H2,1H3,(H,31,32,33,36). The lowest BCUT2D eigenvalue weighted by molar-refractivity contribution is 0.102. The van der Waals surface area contributed by atoms with Gasteiger partial charge in [-0.3, -0.25) is 19.3 Å². The van der Waals surface area contributed by atoms with Crippen molar-refractivity contribution in [3.05, 3.63) is 118 Å². The van der Waals surface area contributed by atoms with E-state index in [4.69, 9.17) is 23.2 Å². The predicted molar refractivity (Wildman–Crippen MR) is 154 cm³/mol. The number of hydrogen-bond donors (Lipinski definition) is 1. The van der Waals surface area contributed by atoms with Crippen molar-refractivity contribution in [2.75, 3.05) is 29.0 Å². The zero-order valence-electron chi connectivity index (χ0n) is 20.9. The SMILES string of the molecule is CS(=O)(=O)N(c1cccc(C(=O)Nc2ncccn2)c1)C1CN(C(c2ccc(Cl)cc2)c2ccc(Cl)cc2)C1. The third kappa shape index (κ3) is 6.23. The van der Waals surface area contributed by atoms with Gasteiger partial charge in [-0.2, -0.15) is 0 Å². The lowest BCUT2D eigenvalue weighted by Gasteiger charge is -2.48. The van der Waals surface area contributed by atoms with Gasteiger partial charge in [-0.05, 0) is 59.7 Å². The highest BCUT2D eigenvalue weighted by atomic mass is 35.5. The summed E-state index contributed by atoms with van der Waals surface area (Å²) in [5.74, 6) is -0.268. The Morgan fingerprint density at radius 3 is 2.03 bits per heavy atom. The van der Waals surface area contributed by atoms with Crippen molar-refractivity contribution in [3.63, 3.8) is 0 Å². The Balaban J connectivity index is 1.39. The fraction of sp³-hybridized carbons (Fsp3) is 0.179. The van der Waals surface area contributed by atoms with Gasteiger partial charge in [0.2, 0.25) is 16.0 Å². The Kier molecular flexibility index (Phi) is 7.86. The summed E-state index contributed by atoms with van der Waals surface area (Å²) in [5, 5.41) is 3.91. The predicted octanol–water partition coefficient (Wildman–Crippen LogP) is 5.28. The van der Waals surface area contributed by atoms with E-state index >= 15 is 0 Å². The molecule has 0 saturated carbocycles. The zero-order chi connectivity index (χ0) is 27.6. The largest absolute Gasteiger partial charge is 0.290 e. The molecule has 1 aromatic heterocycles. The van der Waals surface area contributed by atoms with E-state index in [2.05, 4.69) is 20.2 Å². The monoisotopic (exact) mass is 581 g/mol. The average molecular weight is 583 g/mol. The minimum absolute atomic E-state index is 0.111. The normalized spacial score (nSPS) is 14.2. The number of carbonyl (C=O) groups is 1. The Hall–Kier alpha value is -3.50. The maximum absolute atomic E-state index is 13.0. The molecule has 200 valence electrons. The van der Waals surface area contributed by atoms with E-state index in [1.54, 1.807) is 30.3 Å². The van der Waals surface area contributed by atoms with Gasteiger partial charge in [-0.1, -0.05) is 53.5 Å². The smallest absolute Gasteiger partial charge is 0.258 e. The number of nitrogens with zero attached hydrogens (tertiary/aromatic N) is 4. The van der Waals surface area contributed by atoms with Gasteiger partial charge < -0.3 is 0 Å². The van der Waals surface area contributed by atoms with Gasteiger partial charge in [0.1, 0.15) is 0 Å². The van der Waals surface area contributed by atoms with Crippen LogP contribution in [0.3, 0.4) is 0 Å². The highest BCUT2D eigenvalue weighted by Crippen LogP contribution is 2.36. The third-order valence-corrected chi connectivity index (χ3v) is 8.20. The van der Waals surface area contributed by atoms with Crippen molar-refractivity contribution in [2.24, 2.45) is 0 Å². The molecule has 1 aliphatic rings. The van der Waals surface area contributed by atoms with Crippen LogP contribution < -0.4 is 9.62 Å². The van der Waals surface area contributed by atoms with Crippen molar-refractivity contribution in [3.8, 4) is 0 Å². The highest BCUT2D eigenvalue weighted by Gasteiger charge is 2.40. The summed E-state index contributed by atoms with van der Waals surface area (Å²) in [6.45, 7) is 0.967. The third-order valence-electron chi connectivity index (χ3n) is 6.47. The fourth-order valence-corrected chi connectivity index (χ4v) is 6.17. The summed E-state index contributed by atoms with van der Waals surface area (Å²) >= 11 is 12.3. The summed E-state index contributed by atoms with van der Waals surface area (Å²) in [5.41, 5.74) is 2.78. The van der Waals surface area contributed by atoms with Crippen molar-refractivity contribution in [1.29, 1.82) is 0 Å². The van der Waals surface area contributed by atoms with Crippen LogP contribution in [0, 0.1) is 0 Å². The zero-order valence-corrected chi connectivity index (χ0v) is 23.2. The quantitative estimate of drug-likeness (QED) is 0.304. The fourth-order valence-electron chi connectivity index (χ4n) is 4.75. The van der Waals surface area contributed by atoms with Gasteiger partial charge in [-0.15, -0.1) is 0 Å². The van der Waals surface area contributed by atoms with E-state index in [-0.39, 0.29) is 18.0 Å². The first-order valence-electron chi connectivity index (χ1n) is 12.1. The minimum Gasteiger partial charge on any atom is -0.290 e. The van der Waals surface area contributed by atoms with Gasteiger partial charge in [0.25, 0.3) is 5.91 Å². The molecule has 0 radical (unpaired) electrons. The number of halogens is 2. The van der Waals surface area contributed by atoms with Gasteiger partial charge in [-0.25, -0.2) is 18.4 Å². The molecule has 0 bridgehead atoms. The van der Waals surface area contributed by atoms with Crippen LogP contribution in [0.4, 0.5) is 11.6 Å². The van der Waals surface area contributed by atoms with E-state index in [1.807, 2.05) is 48.5 Å². The number of sulfonamides is 1. The summed E-state index contributed by atoms with van der Waals surface area (Å²) in [4.78, 5) is 23.0. The summed E-state index contributed by atoms with van der Waals surface area (Å²) < 4.78 is 27.4. The first kappa shape index (κ1) is 27.1. The molecule has 5 rings (SSSR count). The van der Waals surface area contributed by atoms with Crippen LogP contribution >= 0.6 is 23.2 Å². The van der Waals surface area contributed by atoms with Crippen LogP contribution in [0.2, 0.25) is 10.0 Å². The molecule has 0 spiro atoms. The molecule has 11 heteroatoms. The van der Waals surface area contributed by atoms with E-state index in [0.29, 0.717) is 34.4 Å². The van der Waals surface area contributed by atoms with Crippen LogP contribution in [-0.4, -0.2) is 54.6 Å². The highest BCUT2D eigenvalue weighted by molar-refractivity contribution is 7.92. The maximum Gasteiger partial charge on any atom is 0.258 e. The van der Waals surface area contributed by atoms with Gasteiger partial charge in [0.15, 0.2) is 0 Å². The lowest BCUT2D eigenvalue weighted by Crippen LogP contribution is -2.61. The minimum atomic E-state index is -3.65. The Bertz CT molecular complexity index is 1520. The molecule has 0 aliphatic carbocycles. The van der Waals surface area contributed by atoms with Gasteiger partial charge >= 0.3 is 0 Å². The summed E-state index contributed by atoms with van der Waals surface area (Å²) in [6.07, 6.45) is 4.22. The molecule has 1 saturated heterocycles. The Labute approximate surface area is 237 Å². The van der Waals surface area contributed by atoms with Crippen LogP contribution in [-0.2, 0) is 10.0 Å². The van der Waals surface area contributed by atoms with Crippen molar-refractivity contribution >= 4 is 50.8 Å². The number of benzene rings is 3. The van der Waals surface area contributed by atoms with Crippen LogP contribution in [0.1, 0.15) is 27.5 Å². The first-order chi connectivity index (χ1) is 18.7. The molecule has 1 fully saturated rings. The van der Waals surface area contributed by atoms with Crippen LogP contribution in [0.25, 0.3) is 0 Å². The second-order valence-corrected chi connectivity index (χ2v) is 12.0. The van der Waals surface area contributed by atoms with Crippen molar-refractivity contribution < 1.29 is 13.2 Å². The van der Waals surface area contributed by atoms with E-state index in [9.17, 15) is 13.2 Å². The molecule has 39 heavy (non-hydrogen) atoms. The Morgan fingerprint density at radius 1 is 0.923 bits per heavy atom. The van der Waals surface area contributed by atoms with Crippen molar-refractivity contribution in [2.45, 2.75) is 12.1 Å². The number of nitrogens with one attached hydrogen (secondary N) is 1. The molecule has 0 atom stereocenters. The molecule has 2 heterocycles. The molecule has 3 aromatic carbocycles. The molecule has 1 amide bonds. The number of likely N-dealkylation sites (tertiary alicyclic amines) is 1. The number of aromatic nitrogens is 2. The van der Waals surface area contributed by atoms with E-state index in [1.165, 1.54) is 23.0 Å². The van der Waals surface area contributed by atoms with Crippen LogP contribution in [0.15, 0.2) is 91.3 Å². The van der Waals surface area contributed by atoms with Crippen LogP contribution in [0.5, 0.6) is 0 Å². The maximum atomic E-state index is 13.0. The number of rotatable bonds is 8. The molecule has 4 aromatic rings. The molecular weight excluding hydrogens is 557 g/mol. The summed E-state index contributed by atoms with van der Waals surface area (Å²) in [6, 6.07) is 23.0. The molecular formula is C28H25Cl2N5O3S. The number of carbonyl (C=O) groups excluding carboxylic acids is 1. The summed E-state index contributed by atoms with van der Waals surface area (Å²) in [7, 11) is -3.65. The molecule has 8 nitrogen and oxygen atoms in total. The number of hydrogen-bond acceptors (Lipinski definition) is 6. The average Bonchev–Trinajstić information content (AvgIpc) is 2.89. The topological polar surface area (TPSA) is 95.5 Å². The molecule has 1 N–H and O–H groups in total. The van der Waals surface area contributed by atoms with E-state index in [0.717, 1.165) is 11.1 Å². The second kappa shape index (κ2) is 11.3. The second-order valence-electron chi connectivity index (χ2n) is 9.25. The lowest BCUT2D eigenvalue weighted by atomic mass is 9.93. The molecule has 1 aliphatic heterocycles. The van der Waals surface area contributed by atoms with Gasteiger partial charge in [0.05, 0.1) is 24.0 Å². The van der Waals surface area contributed by atoms with E-state index < -0.39 is 15.9 Å². The van der Waals surface area contributed by atoms with Crippen molar-refractivity contribution in [1.82, 2.24) is 14.9 Å². The first-order valence-corrected chi connectivity index (χ1v) is 14.7. The molecule has 0 unspecified atom stereocenters. The number of anilines is 2.